The molecule has 3 N–H and O–H groups in total. The Kier molecular flexibility index (Phi) is 8.84. The Morgan fingerprint density at radius 1 is 1.16 bits per heavy atom. The zero-order valence-corrected chi connectivity index (χ0v) is 18.0. The molecular formula is C24H31FN4O2. The fourth-order valence-corrected chi connectivity index (χ4v) is 3.45. The highest BCUT2D eigenvalue weighted by Gasteiger charge is 2.16. The predicted molar refractivity (Wildman–Crippen MR) is 121 cm³/mol. The third-order valence-corrected chi connectivity index (χ3v) is 5.11. The third-order valence-electron chi connectivity index (χ3n) is 5.11. The van der Waals surface area contributed by atoms with Gasteiger partial charge in [-0.05, 0) is 55.5 Å². The summed E-state index contributed by atoms with van der Waals surface area (Å²) in [6, 6.07) is 14.3. The number of carbonyl (C=O) groups excluding carboxylic acids is 1. The van der Waals surface area contributed by atoms with Crippen LogP contribution < -0.4 is 16.0 Å². The molecule has 2 aromatic carbocycles. The summed E-state index contributed by atoms with van der Waals surface area (Å²) in [5.74, 6) is 0.365. The molecule has 0 spiro atoms. The Morgan fingerprint density at radius 2 is 2.03 bits per heavy atom. The van der Waals surface area contributed by atoms with Crippen molar-refractivity contribution in [1.82, 2.24) is 16.0 Å². The van der Waals surface area contributed by atoms with Crippen LogP contribution in [0.5, 0.6) is 0 Å². The Hall–Kier alpha value is -2.93. The van der Waals surface area contributed by atoms with Gasteiger partial charge in [0.1, 0.15) is 5.82 Å². The molecule has 3 rings (SSSR count). The zero-order chi connectivity index (χ0) is 21.9. The lowest BCUT2D eigenvalue weighted by Gasteiger charge is -2.12. The largest absolute Gasteiger partial charge is 0.376 e. The molecule has 1 heterocycles. The van der Waals surface area contributed by atoms with Gasteiger partial charge in [0.2, 0.25) is 0 Å². The number of amides is 1. The summed E-state index contributed by atoms with van der Waals surface area (Å²) in [7, 11) is 0. The summed E-state index contributed by atoms with van der Waals surface area (Å²) in [6.07, 6.45) is 2.73. The summed E-state index contributed by atoms with van der Waals surface area (Å²) in [5.41, 5.74) is 2.23. The van der Waals surface area contributed by atoms with Gasteiger partial charge in [-0.15, -0.1) is 0 Å². The maximum atomic E-state index is 13.8. The fourth-order valence-electron chi connectivity index (χ4n) is 3.45. The molecule has 0 saturated carbocycles. The first-order chi connectivity index (χ1) is 15.2. The van der Waals surface area contributed by atoms with Gasteiger partial charge in [-0.1, -0.05) is 30.3 Å². The van der Waals surface area contributed by atoms with E-state index in [1.54, 1.807) is 18.2 Å². The van der Waals surface area contributed by atoms with E-state index in [9.17, 15) is 9.18 Å². The van der Waals surface area contributed by atoms with Crippen molar-refractivity contribution in [2.75, 3.05) is 26.2 Å². The second-order valence-electron chi connectivity index (χ2n) is 7.51. The normalized spacial score (nSPS) is 16.2. The SMILES string of the molecule is CCNC(=NCc1cccc(C(=O)NCC2CCCO2)c1)NCCc1ccccc1F. The van der Waals surface area contributed by atoms with Crippen molar-refractivity contribution >= 4 is 11.9 Å². The van der Waals surface area contributed by atoms with Crippen molar-refractivity contribution in [1.29, 1.82) is 0 Å². The topological polar surface area (TPSA) is 74.8 Å². The lowest BCUT2D eigenvalue weighted by Crippen LogP contribution is -2.38. The molecule has 1 atom stereocenters. The van der Waals surface area contributed by atoms with Crippen LogP contribution in [-0.2, 0) is 17.7 Å². The van der Waals surface area contributed by atoms with Gasteiger partial charge < -0.3 is 20.7 Å². The molecule has 6 nitrogen and oxygen atoms in total. The summed E-state index contributed by atoms with van der Waals surface area (Å²) in [4.78, 5) is 17.0. The smallest absolute Gasteiger partial charge is 0.251 e. The van der Waals surface area contributed by atoms with Crippen LogP contribution in [0.3, 0.4) is 0 Å². The Morgan fingerprint density at radius 3 is 2.81 bits per heavy atom. The van der Waals surface area contributed by atoms with Crippen LogP contribution in [0, 0.1) is 5.82 Å². The van der Waals surface area contributed by atoms with Crippen LogP contribution in [0.2, 0.25) is 0 Å². The van der Waals surface area contributed by atoms with Crippen LogP contribution in [0.15, 0.2) is 53.5 Å². The molecule has 2 aromatic rings. The molecule has 1 aliphatic rings. The van der Waals surface area contributed by atoms with E-state index in [4.69, 9.17) is 4.74 Å². The van der Waals surface area contributed by atoms with Crippen LogP contribution in [0.25, 0.3) is 0 Å². The first-order valence-electron chi connectivity index (χ1n) is 10.9. The summed E-state index contributed by atoms with van der Waals surface area (Å²) >= 11 is 0. The molecule has 166 valence electrons. The molecule has 0 aliphatic carbocycles. The van der Waals surface area contributed by atoms with Gasteiger partial charge >= 0.3 is 0 Å². The van der Waals surface area contributed by atoms with Gasteiger partial charge in [0.15, 0.2) is 5.96 Å². The van der Waals surface area contributed by atoms with Gasteiger partial charge in [-0.25, -0.2) is 9.38 Å². The van der Waals surface area contributed by atoms with Crippen LogP contribution in [-0.4, -0.2) is 44.2 Å². The molecule has 1 saturated heterocycles. The van der Waals surface area contributed by atoms with Crippen molar-refractivity contribution in [3.05, 3.63) is 71.0 Å². The van der Waals surface area contributed by atoms with Gasteiger partial charge in [0, 0.05) is 31.8 Å². The van der Waals surface area contributed by atoms with Crippen molar-refractivity contribution in [2.24, 2.45) is 4.99 Å². The number of halogens is 1. The zero-order valence-electron chi connectivity index (χ0n) is 18.0. The number of rotatable bonds is 9. The quantitative estimate of drug-likeness (QED) is 0.426. The molecule has 7 heteroatoms. The average molecular weight is 427 g/mol. The van der Waals surface area contributed by atoms with E-state index in [0.29, 0.717) is 43.1 Å². The molecule has 31 heavy (non-hydrogen) atoms. The van der Waals surface area contributed by atoms with Gasteiger partial charge in [0.25, 0.3) is 5.91 Å². The predicted octanol–water partition coefficient (Wildman–Crippen LogP) is 3.03. The Bertz CT molecular complexity index is 881. The molecule has 1 unspecified atom stereocenters. The highest BCUT2D eigenvalue weighted by molar-refractivity contribution is 5.94. The summed E-state index contributed by atoms with van der Waals surface area (Å²) < 4.78 is 19.3. The summed E-state index contributed by atoms with van der Waals surface area (Å²) in [5, 5.41) is 9.38. The molecule has 0 radical (unpaired) electrons. The monoisotopic (exact) mass is 426 g/mol. The second-order valence-corrected chi connectivity index (χ2v) is 7.51. The summed E-state index contributed by atoms with van der Waals surface area (Å²) in [6.45, 7) is 5.03. The van der Waals surface area contributed by atoms with Crippen LogP contribution >= 0.6 is 0 Å². The van der Waals surface area contributed by atoms with E-state index in [-0.39, 0.29) is 17.8 Å². The van der Waals surface area contributed by atoms with Crippen LogP contribution in [0.4, 0.5) is 4.39 Å². The van der Waals surface area contributed by atoms with E-state index in [2.05, 4.69) is 20.9 Å². The van der Waals surface area contributed by atoms with Gasteiger partial charge in [0.05, 0.1) is 12.6 Å². The van der Waals surface area contributed by atoms with E-state index < -0.39 is 0 Å². The van der Waals surface area contributed by atoms with Gasteiger partial charge in [-0.3, -0.25) is 4.79 Å². The molecule has 0 aromatic heterocycles. The number of hydrogen-bond donors (Lipinski definition) is 3. The van der Waals surface area contributed by atoms with Crippen molar-refractivity contribution in [3.8, 4) is 0 Å². The number of nitrogens with one attached hydrogen (secondary N) is 3. The average Bonchev–Trinajstić information content (AvgIpc) is 3.31. The number of carbonyl (C=O) groups is 1. The fraction of sp³-hybridized carbons (Fsp3) is 0.417. The molecule has 1 aliphatic heterocycles. The molecule has 0 bridgehead atoms. The van der Waals surface area contributed by atoms with E-state index in [1.807, 2.05) is 31.2 Å². The van der Waals surface area contributed by atoms with Gasteiger partial charge in [-0.2, -0.15) is 0 Å². The first-order valence-corrected chi connectivity index (χ1v) is 10.9. The van der Waals surface area contributed by atoms with E-state index >= 15 is 0 Å². The third kappa shape index (κ3) is 7.36. The van der Waals surface area contributed by atoms with Crippen LogP contribution in [0.1, 0.15) is 41.3 Å². The number of guanidine groups is 1. The minimum Gasteiger partial charge on any atom is -0.376 e. The molecular weight excluding hydrogens is 395 g/mol. The number of benzene rings is 2. The van der Waals surface area contributed by atoms with E-state index in [0.717, 1.165) is 31.6 Å². The standard InChI is InChI=1S/C24H31FN4O2/c1-2-26-24(27-13-12-19-8-3-4-11-22(19)25)29-16-18-7-5-9-20(15-18)23(30)28-17-21-10-6-14-31-21/h3-5,7-9,11,15,21H,2,6,10,12-14,16-17H2,1H3,(H,28,30)(H2,26,27,29). The Labute approximate surface area is 183 Å². The number of nitrogens with zero attached hydrogens (tertiary/aromatic N) is 1. The molecule has 1 fully saturated rings. The number of aliphatic imine (C=N–C) groups is 1. The minimum absolute atomic E-state index is 0.101. The number of hydrogen-bond acceptors (Lipinski definition) is 3. The van der Waals surface area contributed by atoms with E-state index in [1.165, 1.54) is 6.07 Å². The van der Waals surface area contributed by atoms with Crippen molar-refractivity contribution in [3.63, 3.8) is 0 Å². The second kappa shape index (κ2) is 12.1. The molecule has 1 amide bonds. The minimum atomic E-state index is -0.194. The highest BCUT2D eigenvalue weighted by Crippen LogP contribution is 2.12. The maximum Gasteiger partial charge on any atom is 0.251 e. The highest BCUT2D eigenvalue weighted by atomic mass is 19.1. The van der Waals surface area contributed by atoms with Crippen molar-refractivity contribution < 1.29 is 13.9 Å². The lowest BCUT2D eigenvalue weighted by atomic mass is 10.1. The van der Waals surface area contributed by atoms with Crippen molar-refractivity contribution in [2.45, 2.75) is 38.8 Å². The lowest BCUT2D eigenvalue weighted by molar-refractivity contribution is 0.0857. The maximum absolute atomic E-state index is 13.8. The Balaban J connectivity index is 1.52. The number of ether oxygens (including phenoxy) is 1. The first kappa shape index (κ1) is 22.7.